The van der Waals surface area contributed by atoms with E-state index in [9.17, 15) is 0 Å². The Hall–Kier alpha value is -5.01. The molecule has 1 heterocycles. The average Bonchev–Trinajstić information content (AvgIpc) is 3.01. The lowest BCUT2D eigenvalue weighted by atomic mass is 9.85. The van der Waals surface area contributed by atoms with Gasteiger partial charge in [0.2, 0.25) is 0 Å². The van der Waals surface area contributed by atoms with Gasteiger partial charge in [-0.15, -0.1) is 0 Å². The second-order valence-corrected chi connectivity index (χ2v) is 9.58. The summed E-state index contributed by atoms with van der Waals surface area (Å²) in [6, 6.07) is 51.9. The SMILES string of the molecule is c1ccc(-c2ccnc(-c3ccc4c(-c5ccccc5)c5ccccc5c(-c5ccccc5)c4c3)c2)cc1. The van der Waals surface area contributed by atoms with Crippen molar-refractivity contribution in [3.8, 4) is 44.6 Å². The van der Waals surface area contributed by atoms with Gasteiger partial charge in [0.1, 0.15) is 0 Å². The molecule has 38 heavy (non-hydrogen) atoms. The summed E-state index contributed by atoms with van der Waals surface area (Å²) in [6.07, 6.45) is 1.91. The van der Waals surface area contributed by atoms with Crippen molar-refractivity contribution in [2.45, 2.75) is 0 Å². The minimum absolute atomic E-state index is 0.974. The van der Waals surface area contributed by atoms with Crippen LogP contribution in [0.25, 0.3) is 66.2 Å². The van der Waals surface area contributed by atoms with Gasteiger partial charge in [-0.25, -0.2) is 0 Å². The molecular formula is C37H25N. The lowest BCUT2D eigenvalue weighted by Gasteiger charge is -2.18. The van der Waals surface area contributed by atoms with E-state index in [0.29, 0.717) is 0 Å². The number of rotatable bonds is 4. The highest BCUT2D eigenvalue weighted by Crippen LogP contribution is 2.44. The van der Waals surface area contributed by atoms with E-state index < -0.39 is 0 Å². The van der Waals surface area contributed by atoms with E-state index >= 15 is 0 Å². The Morgan fingerprint density at radius 2 is 0.816 bits per heavy atom. The molecule has 0 saturated carbocycles. The molecule has 1 aromatic heterocycles. The first kappa shape index (κ1) is 22.2. The number of benzene rings is 6. The molecule has 0 spiro atoms. The van der Waals surface area contributed by atoms with Crippen molar-refractivity contribution in [3.63, 3.8) is 0 Å². The van der Waals surface area contributed by atoms with Gasteiger partial charge < -0.3 is 0 Å². The minimum Gasteiger partial charge on any atom is -0.256 e. The highest BCUT2D eigenvalue weighted by molar-refractivity contribution is 6.21. The zero-order valence-electron chi connectivity index (χ0n) is 20.9. The number of aromatic nitrogens is 1. The van der Waals surface area contributed by atoms with Crippen molar-refractivity contribution < 1.29 is 0 Å². The summed E-state index contributed by atoms with van der Waals surface area (Å²) in [5.41, 5.74) is 9.43. The van der Waals surface area contributed by atoms with Crippen LogP contribution in [0.5, 0.6) is 0 Å². The van der Waals surface area contributed by atoms with Gasteiger partial charge >= 0.3 is 0 Å². The average molecular weight is 484 g/mol. The molecule has 0 unspecified atom stereocenters. The Morgan fingerprint density at radius 1 is 0.316 bits per heavy atom. The van der Waals surface area contributed by atoms with Gasteiger partial charge in [0.05, 0.1) is 5.69 Å². The molecule has 0 aliphatic rings. The second-order valence-electron chi connectivity index (χ2n) is 9.58. The van der Waals surface area contributed by atoms with Crippen LogP contribution in [0.15, 0.2) is 152 Å². The smallest absolute Gasteiger partial charge is 0.0708 e. The van der Waals surface area contributed by atoms with Crippen molar-refractivity contribution in [3.05, 3.63) is 152 Å². The summed E-state index contributed by atoms with van der Waals surface area (Å²) in [4.78, 5) is 4.79. The van der Waals surface area contributed by atoms with Crippen LogP contribution in [0.2, 0.25) is 0 Å². The van der Waals surface area contributed by atoms with Gasteiger partial charge in [-0.2, -0.15) is 0 Å². The number of hydrogen-bond donors (Lipinski definition) is 0. The minimum atomic E-state index is 0.974. The molecule has 7 rings (SSSR count). The predicted octanol–water partition coefficient (Wildman–Crippen LogP) is 10.1. The van der Waals surface area contributed by atoms with Crippen LogP contribution in [-0.4, -0.2) is 4.98 Å². The van der Waals surface area contributed by atoms with E-state index in [2.05, 4.69) is 146 Å². The van der Waals surface area contributed by atoms with E-state index in [1.807, 2.05) is 6.20 Å². The molecule has 0 fully saturated rings. The third-order valence-electron chi connectivity index (χ3n) is 7.31. The largest absolute Gasteiger partial charge is 0.256 e. The predicted molar refractivity (Wildman–Crippen MR) is 161 cm³/mol. The van der Waals surface area contributed by atoms with Gasteiger partial charge in [-0.1, -0.05) is 127 Å². The van der Waals surface area contributed by atoms with E-state index in [1.54, 1.807) is 0 Å². The van der Waals surface area contributed by atoms with Gasteiger partial charge in [-0.05, 0) is 73.1 Å². The van der Waals surface area contributed by atoms with Gasteiger partial charge in [-0.3, -0.25) is 4.98 Å². The first-order valence-electron chi connectivity index (χ1n) is 13.0. The second kappa shape index (κ2) is 9.46. The molecule has 0 saturated heterocycles. The van der Waals surface area contributed by atoms with Crippen molar-refractivity contribution in [2.75, 3.05) is 0 Å². The normalized spacial score (nSPS) is 11.2. The Morgan fingerprint density at radius 3 is 1.42 bits per heavy atom. The number of hydrogen-bond acceptors (Lipinski definition) is 1. The zero-order chi connectivity index (χ0) is 25.3. The first-order valence-corrected chi connectivity index (χ1v) is 13.0. The molecule has 0 aliphatic carbocycles. The third-order valence-corrected chi connectivity index (χ3v) is 7.31. The van der Waals surface area contributed by atoms with Crippen LogP contribution < -0.4 is 0 Å². The Balaban J connectivity index is 1.55. The molecule has 0 atom stereocenters. The summed E-state index contributed by atoms with van der Waals surface area (Å²) in [5, 5.41) is 5.00. The van der Waals surface area contributed by atoms with Crippen molar-refractivity contribution in [1.82, 2.24) is 4.98 Å². The number of pyridine rings is 1. The molecule has 1 heteroatoms. The lowest BCUT2D eigenvalue weighted by molar-refractivity contribution is 1.33. The highest BCUT2D eigenvalue weighted by Gasteiger charge is 2.17. The van der Waals surface area contributed by atoms with Crippen molar-refractivity contribution in [2.24, 2.45) is 0 Å². The summed E-state index contributed by atoms with van der Waals surface area (Å²) < 4.78 is 0. The molecule has 0 bridgehead atoms. The van der Waals surface area contributed by atoms with Gasteiger partial charge in [0.25, 0.3) is 0 Å². The molecule has 6 aromatic carbocycles. The fraction of sp³-hybridized carbons (Fsp3) is 0. The molecule has 0 amide bonds. The summed E-state index contributed by atoms with van der Waals surface area (Å²) in [5.74, 6) is 0. The molecule has 0 aliphatic heterocycles. The van der Waals surface area contributed by atoms with Gasteiger partial charge in [0, 0.05) is 11.8 Å². The first-order chi connectivity index (χ1) is 18.9. The van der Waals surface area contributed by atoms with Crippen molar-refractivity contribution >= 4 is 21.5 Å². The van der Waals surface area contributed by atoms with E-state index in [0.717, 1.165) is 11.3 Å². The Bertz CT molecular complexity index is 1890. The maximum absolute atomic E-state index is 4.79. The standard InChI is InChI=1S/C37H25N/c1-4-12-26(13-5-1)29-22-23-38-35(25-29)30-20-21-33-34(24-30)37(28-16-8-3-9-17-28)32-19-11-10-18-31(32)36(33)27-14-6-2-7-15-27/h1-25H. The highest BCUT2D eigenvalue weighted by atomic mass is 14.7. The van der Waals surface area contributed by atoms with Gasteiger partial charge in [0.15, 0.2) is 0 Å². The summed E-state index contributed by atoms with van der Waals surface area (Å²) in [7, 11) is 0. The Labute approximate surface area is 222 Å². The summed E-state index contributed by atoms with van der Waals surface area (Å²) in [6.45, 7) is 0. The fourth-order valence-corrected chi connectivity index (χ4v) is 5.57. The van der Waals surface area contributed by atoms with E-state index in [1.165, 1.54) is 54.9 Å². The maximum atomic E-state index is 4.79. The van der Waals surface area contributed by atoms with E-state index in [-0.39, 0.29) is 0 Å². The molecule has 0 N–H and O–H groups in total. The topological polar surface area (TPSA) is 12.9 Å². The lowest BCUT2D eigenvalue weighted by Crippen LogP contribution is -1.92. The van der Waals surface area contributed by atoms with Crippen LogP contribution in [0, 0.1) is 0 Å². The van der Waals surface area contributed by atoms with Crippen LogP contribution in [-0.2, 0) is 0 Å². The third kappa shape index (κ3) is 3.86. The van der Waals surface area contributed by atoms with Crippen LogP contribution in [0.4, 0.5) is 0 Å². The van der Waals surface area contributed by atoms with E-state index in [4.69, 9.17) is 4.98 Å². The fourth-order valence-electron chi connectivity index (χ4n) is 5.57. The Kier molecular flexibility index (Phi) is 5.53. The van der Waals surface area contributed by atoms with Crippen molar-refractivity contribution in [1.29, 1.82) is 0 Å². The molecule has 178 valence electrons. The monoisotopic (exact) mass is 483 g/mol. The molecular weight excluding hydrogens is 458 g/mol. The summed E-state index contributed by atoms with van der Waals surface area (Å²) >= 11 is 0. The quantitative estimate of drug-likeness (QED) is 0.227. The maximum Gasteiger partial charge on any atom is 0.0708 e. The molecule has 1 nitrogen and oxygen atoms in total. The zero-order valence-corrected chi connectivity index (χ0v) is 20.9. The van der Waals surface area contributed by atoms with Crippen LogP contribution >= 0.6 is 0 Å². The number of fused-ring (bicyclic) bond motifs is 2. The van der Waals surface area contributed by atoms with Crippen LogP contribution in [0.3, 0.4) is 0 Å². The molecule has 7 aromatic rings. The molecule has 0 radical (unpaired) electrons. The number of nitrogens with zero attached hydrogens (tertiary/aromatic N) is 1. The van der Waals surface area contributed by atoms with Crippen LogP contribution in [0.1, 0.15) is 0 Å².